The summed E-state index contributed by atoms with van der Waals surface area (Å²) in [5, 5.41) is 9.55. The van der Waals surface area contributed by atoms with Gasteiger partial charge in [0.25, 0.3) is 5.91 Å². The Bertz CT molecular complexity index is 500. The molecular weight excluding hydrogens is 250 g/mol. The van der Waals surface area contributed by atoms with E-state index in [-0.39, 0.29) is 11.9 Å². The molecule has 0 spiro atoms. The van der Waals surface area contributed by atoms with Crippen molar-refractivity contribution >= 4 is 17.5 Å². The number of aromatic nitrogens is 1. The van der Waals surface area contributed by atoms with E-state index in [1.54, 1.807) is 30.9 Å². The van der Waals surface area contributed by atoms with E-state index >= 15 is 0 Å². The highest BCUT2D eigenvalue weighted by atomic mass is 35.5. The Morgan fingerprint density at radius 3 is 2.67 bits per heavy atom. The average molecular weight is 264 g/mol. The van der Waals surface area contributed by atoms with Gasteiger partial charge in [-0.3, -0.25) is 4.79 Å². The normalized spacial score (nSPS) is 15.0. The van der Waals surface area contributed by atoms with Gasteiger partial charge < -0.3 is 4.90 Å². The van der Waals surface area contributed by atoms with Crippen molar-refractivity contribution in [2.24, 2.45) is 0 Å². The lowest BCUT2D eigenvalue weighted by atomic mass is 10.0. The van der Waals surface area contributed by atoms with Gasteiger partial charge in [-0.15, -0.1) is 0 Å². The summed E-state index contributed by atoms with van der Waals surface area (Å²) in [6.07, 6.45) is 3.36. The summed E-state index contributed by atoms with van der Waals surface area (Å²) in [5.74, 6) is -0.159. The van der Waals surface area contributed by atoms with E-state index in [0.29, 0.717) is 10.7 Å². The fraction of sp³-hybridized carbons (Fsp3) is 0.462. The first-order valence-electron chi connectivity index (χ1n) is 5.82. The molecule has 0 unspecified atom stereocenters. The number of hydrogen-bond acceptors (Lipinski definition) is 3. The van der Waals surface area contributed by atoms with Crippen molar-refractivity contribution in [1.29, 1.82) is 5.26 Å². The fourth-order valence-electron chi connectivity index (χ4n) is 1.90. The van der Waals surface area contributed by atoms with Gasteiger partial charge >= 0.3 is 0 Å². The quantitative estimate of drug-likeness (QED) is 0.788. The maximum Gasteiger partial charge on any atom is 0.256 e. The predicted octanol–water partition coefficient (Wildman–Crippen LogP) is 2.64. The number of amides is 1. The zero-order chi connectivity index (χ0) is 13.3. The first-order valence-corrected chi connectivity index (χ1v) is 6.20. The van der Waals surface area contributed by atoms with Gasteiger partial charge in [-0.2, -0.15) is 5.26 Å². The number of carbonyl (C=O) groups is 1. The summed E-state index contributed by atoms with van der Waals surface area (Å²) in [4.78, 5) is 18.0. The molecule has 2 rings (SSSR count). The van der Waals surface area contributed by atoms with Crippen LogP contribution in [0.15, 0.2) is 18.3 Å². The Labute approximate surface area is 111 Å². The summed E-state index contributed by atoms with van der Waals surface area (Å²) < 4.78 is 0. The molecule has 0 bridgehead atoms. The highest BCUT2D eigenvalue weighted by Gasteiger charge is 2.42. The Kier molecular flexibility index (Phi) is 3.27. The van der Waals surface area contributed by atoms with Crippen molar-refractivity contribution in [1.82, 2.24) is 9.88 Å². The molecule has 1 heterocycles. The largest absolute Gasteiger partial charge is 0.317 e. The van der Waals surface area contributed by atoms with E-state index in [0.717, 1.165) is 12.8 Å². The van der Waals surface area contributed by atoms with Crippen molar-refractivity contribution in [3.8, 4) is 6.07 Å². The molecular formula is C13H14ClN3O. The second-order valence-electron chi connectivity index (χ2n) is 4.95. The van der Waals surface area contributed by atoms with Crippen LogP contribution in [0.25, 0.3) is 0 Å². The lowest BCUT2D eigenvalue weighted by molar-refractivity contribution is 0.0615. The molecule has 0 saturated heterocycles. The number of hydrogen-bond donors (Lipinski definition) is 0. The standard InChI is InChI=1S/C13H14ClN3O/c1-13(2,8-15)17(10-4-5-10)12(18)9-3-6-11(14)16-7-9/h3,6-7,10H,4-5H2,1-2H3. The van der Waals surface area contributed by atoms with Crippen LogP contribution < -0.4 is 0 Å². The Morgan fingerprint density at radius 2 is 2.22 bits per heavy atom. The summed E-state index contributed by atoms with van der Waals surface area (Å²) in [5.41, 5.74) is -0.340. The fourth-order valence-corrected chi connectivity index (χ4v) is 2.02. The molecule has 0 aliphatic heterocycles. The van der Waals surface area contributed by atoms with Gasteiger partial charge in [-0.25, -0.2) is 4.98 Å². The van der Waals surface area contributed by atoms with Crippen LogP contribution in [-0.2, 0) is 0 Å². The molecule has 1 aromatic rings. The van der Waals surface area contributed by atoms with Crippen molar-refractivity contribution in [3.63, 3.8) is 0 Å². The van der Waals surface area contributed by atoms with Gasteiger partial charge in [0.2, 0.25) is 0 Å². The molecule has 1 amide bonds. The van der Waals surface area contributed by atoms with E-state index in [1.165, 1.54) is 6.20 Å². The smallest absolute Gasteiger partial charge is 0.256 e. The van der Waals surface area contributed by atoms with Crippen LogP contribution >= 0.6 is 11.6 Å². The predicted molar refractivity (Wildman–Crippen MR) is 68.1 cm³/mol. The molecule has 1 fully saturated rings. The van der Waals surface area contributed by atoms with E-state index in [4.69, 9.17) is 11.6 Å². The van der Waals surface area contributed by atoms with Crippen LogP contribution in [0.1, 0.15) is 37.0 Å². The van der Waals surface area contributed by atoms with Gasteiger partial charge in [0.1, 0.15) is 10.7 Å². The van der Waals surface area contributed by atoms with Crippen LogP contribution in [0.4, 0.5) is 0 Å². The number of halogens is 1. The minimum atomic E-state index is -0.808. The van der Waals surface area contributed by atoms with Gasteiger partial charge in [0.15, 0.2) is 0 Å². The molecule has 1 saturated carbocycles. The van der Waals surface area contributed by atoms with Gasteiger partial charge in [0.05, 0.1) is 11.6 Å². The maximum absolute atomic E-state index is 12.4. The minimum absolute atomic E-state index is 0.159. The van der Waals surface area contributed by atoms with E-state index in [9.17, 15) is 10.1 Å². The van der Waals surface area contributed by atoms with Crippen LogP contribution in [-0.4, -0.2) is 27.4 Å². The van der Waals surface area contributed by atoms with Crippen molar-refractivity contribution in [2.45, 2.75) is 38.3 Å². The van der Waals surface area contributed by atoms with Crippen molar-refractivity contribution in [3.05, 3.63) is 29.0 Å². The topological polar surface area (TPSA) is 57.0 Å². The summed E-state index contributed by atoms with van der Waals surface area (Å²) in [7, 11) is 0. The summed E-state index contributed by atoms with van der Waals surface area (Å²) in [6, 6.07) is 5.57. The highest BCUT2D eigenvalue weighted by molar-refractivity contribution is 6.29. The third kappa shape index (κ3) is 2.46. The molecule has 0 aromatic carbocycles. The molecule has 0 N–H and O–H groups in total. The molecule has 0 atom stereocenters. The number of nitrogens with zero attached hydrogens (tertiary/aromatic N) is 3. The van der Waals surface area contributed by atoms with E-state index < -0.39 is 5.54 Å². The van der Waals surface area contributed by atoms with Crippen LogP contribution in [0, 0.1) is 11.3 Å². The molecule has 4 nitrogen and oxygen atoms in total. The summed E-state index contributed by atoms with van der Waals surface area (Å²) in [6.45, 7) is 3.51. The maximum atomic E-state index is 12.4. The van der Waals surface area contributed by atoms with Crippen LogP contribution in [0.2, 0.25) is 5.15 Å². The van der Waals surface area contributed by atoms with E-state index in [2.05, 4.69) is 11.1 Å². The zero-order valence-electron chi connectivity index (χ0n) is 10.4. The number of pyridine rings is 1. The molecule has 0 radical (unpaired) electrons. The lowest BCUT2D eigenvalue weighted by Crippen LogP contribution is -2.48. The van der Waals surface area contributed by atoms with Crippen LogP contribution in [0.5, 0.6) is 0 Å². The zero-order valence-corrected chi connectivity index (χ0v) is 11.1. The lowest BCUT2D eigenvalue weighted by Gasteiger charge is -2.33. The van der Waals surface area contributed by atoms with Crippen LogP contribution in [0.3, 0.4) is 0 Å². The van der Waals surface area contributed by atoms with Gasteiger partial charge in [-0.05, 0) is 38.8 Å². The Hall–Kier alpha value is -1.60. The molecule has 94 valence electrons. The van der Waals surface area contributed by atoms with Crippen molar-refractivity contribution in [2.75, 3.05) is 0 Å². The van der Waals surface area contributed by atoms with Crippen molar-refractivity contribution < 1.29 is 4.79 Å². The van der Waals surface area contributed by atoms with Gasteiger partial charge in [-0.1, -0.05) is 11.6 Å². The summed E-state index contributed by atoms with van der Waals surface area (Å²) >= 11 is 5.70. The number of rotatable bonds is 3. The first-order chi connectivity index (χ1) is 8.45. The molecule has 5 heteroatoms. The first kappa shape index (κ1) is 12.8. The Morgan fingerprint density at radius 1 is 1.56 bits per heavy atom. The second kappa shape index (κ2) is 4.58. The monoisotopic (exact) mass is 263 g/mol. The highest BCUT2D eigenvalue weighted by Crippen LogP contribution is 2.34. The molecule has 1 aromatic heterocycles. The Balaban J connectivity index is 2.30. The molecule has 1 aliphatic carbocycles. The number of nitriles is 1. The van der Waals surface area contributed by atoms with Gasteiger partial charge in [0, 0.05) is 12.2 Å². The third-order valence-electron chi connectivity index (χ3n) is 2.98. The van der Waals surface area contributed by atoms with E-state index in [1.807, 2.05) is 0 Å². The molecule has 18 heavy (non-hydrogen) atoms. The third-order valence-corrected chi connectivity index (χ3v) is 3.20. The SMILES string of the molecule is CC(C)(C#N)N(C(=O)c1ccc(Cl)nc1)C1CC1. The minimum Gasteiger partial charge on any atom is -0.317 e. The number of carbonyl (C=O) groups excluding carboxylic acids is 1. The molecule has 1 aliphatic rings. The average Bonchev–Trinajstić information content (AvgIpc) is 3.14. The second-order valence-corrected chi connectivity index (χ2v) is 5.33.